The van der Waals surface area contributed by atoms with Crippen LogP contribution in [0.2, 0.25) is 0 Å². The highest BCUT2D eigenvalue weighted by atomic mass is 32.2. The van der Waals surface area contributed by atoms with Gasteiger partial charge in [0.15, 0.2) is 17.5 Å². The first kappa shape index (κ1) is 11.6. The van der Waals surface area contributed by atoms with E-state index in [2.05, 4.69) is 10.3 Å². The minimum absolute atomic E-state index is 0.216. The third kappa shape index (κ3) is 2.61. The van der Waals surface area contributed by atoms with E-state index in [1.807, 2.05) is 0 Å². The van der Waals surface area contributed by atoms with Crippen LogP contribution in [0, 0.1) is 17.6 Å². The molecule has 2 rings (SSSR count). The number of thioether (sulfide) groups is 1. The van der Waals surface area contributed by atoms with Crippen LogP contribution < -0.4 is 5.32 Å². The van der Waals surface area contributed by atoms with Gasteiger partial charge < -0.3 is 5.32 Å². The normalized spacial score (nSPS) is 20.1. The van der Waals surface area contributed by atoms with E-state index in [0.29, 0.717) is 17.9 Å². The lowest BCUT2D eigenvalue weighted by Gasteiger charge is -2.11. The number of nitrogens with one attached hydrogen (secondary N) is 1. The molecule has 1 unspecified atom stereocenters. The molecule has 0 aromatic carbocycles. The Kier molecular flexibility index (Phi) is 3.58. The lowest BCUT2D eigenvalue weighted by molar-refractivity contribution is 0.466. The largest absolute Gasteiger partial charge is 0.366 e. The van der Waals surface area contributed by atoms with Crippen molar-refractivity contribution in [2.45, 2.75) is 18.1 Å². The van der Waals surface area contributed by atoms with Crippen LogP contribution in [0.1, 0.15) is 12.8 Å². The molecule has 2 heterocycles. The zero-order valence-corrected chi connectivity index (χ0v) is 9.29. The van der Waals surface area contributed by atoms with Crippen molar-refractivity contribution >= 4 is 17.6 Å². The summed E-state index contributed by atoms with van der Waals surface area (Å²) in [5.41, 5.74) is 0. The Balaban J connectivity index is 2.00. The number of halogens is 3. The van der Waals surface area contributed by atoms with Crippen molar-refractivity contribution in [2.75, 3.05) is 17.6 Å². The summed E-state index contributed by atoms with van der Waals surface area (Å²) in [6, 6.07) is 0.506. The smallest absolute Gasteiger partial charge is 0.251 e. The van der Waals surface area contributed by atoms with Crippen LogP contribution >= 0.6 is 11.8 Å². The molecule has 0 spiro atoms. The van der Waals surface area contributed by atoms with Crippen LogP contribution in [0.5, 0.6) is 0 Å². The first-order chi connectivity index (χ1) is 7.66. The summed E-state index contributed by atoms with van der Waals surface area (Å²) < 4.78 is 38.5. The molecule has 0 bridgehead atoms. The van der Waals surface area contributed by atoms with Gasteiger partial charge in [-0.2, -0.15) is 21.1 Å². The predicted octanol–water partition coefficient (Wildman–Crippen LogP) is 2.81. The zero-order valence-electron chi connectivity index (χ0n) is 8.47. The van der Waals surface area contributed by atoms with Crippen LogP contribution in [-0.4, -0.2) is 22.5 Å². The molecule has 6 heteroatoms. The number of pyridine rings is 1. The van der Waals surface area contributed by atoms with Gasteiger partial charge in [0, 0.05) is 17.9 Å². The van der Waals surface area contributed by atoms with E-state index in [9.17, 15) is 13.2 Å². The highest BCUT2D eigenvalue weighted by Gasteiger charge is 2.17. The minimum atomic E-state index is -1.28. The SMILES string of the molecule is Fc1cc(F)c(NCC2CCCS2)nc1F. The third-order valence-electron chi connectivity index (χ3n) is 2.41. The Labute approximate surface area is 95.6 Å². The quantitative estimate of drug-likeness (QED) is 0.833. The van der Waals surface area contributed by atoms with Crippen molar-refractivity contribution < 1.29 is 13.2 Å². The van der Waals surface area contributed by atoms with Crippen molar-refractivity contribution in [3.05, 3.63) is 23.6 Å². The van der Waals surface area contributed by atoms with Gasteiger partial charge in [-0.1, -0.05) is 0 Å². The van der Waals surface area contributed by atoms with E-state index >= 15 is 0 Å². The maximum atomic E-state index is 13.2. The third-order valence-corrected chi connectivity index (χ3v) is 3.81. The standard InChI is InChI=1S/C10H11F3N2S/c11-7-4-8(12)10(15-9(7)13)14-5-6-2-1-3-16-6/h4,6H,1-3,5H2,(H,14,15). The van der Waals surface area contributed by atoms with Crippen LogP contribution in [0.25, 0.3) is 0 Å². The minimum Gasteiger partial charge on any atom is -0.366 e. The molecular weight excluding hydrogens is 237 g/mol. The Morgan fingerprint density at radius 1 is 1.38 bits per heavy atom. The van der Waals surface area contributed by atoms with Gasteiger partial charge in [-0.15, -0.1) is 0 Å². The zero-order chi connectivity index (χ0) is 11.5. The van der Waals surface area contributed by atoms with Crippen molar-refractivity contribution in [2.24, 2.45) is 0 Å². The molecule has 2 nitrogen and oxygen atoms in total. The summed E-state index contributed by atoms with van der Waals surface area (Å²) in [5.74, 6) is -2.52. The van der Waals surface area contributed by atoms with Gasteiger partial charge in [0.25, 0.3) is 5.95 Å². The molecule has 16 heavy (non-hydrogen) atoms. The van der Waals surface area contributed by atoms with E-state index in [4.69, 9.17) is 0 Å². The molecular formula is C10H11F3N2S. The highest BCUT2D eigenvalue weighted by Crippen LogP contribution is 2.26. The second-order valence-corrected chi connectivity index (χ2v) is 5.02. The molecule has 1 saturated heterocycles. The molecule has 0 aliphatic carbocycles. The van der Waals surface area contributed by atoms with Gasteiger partial charge in [-0.25, -0.2) is 8.78 Å². The van der Waals surface area contributed by atoms with E-state index in [1.165, 1.54) is 0 Å². The topological polar surface area (TPSA) is 24.9 Å². The van der Waals surface area contributed by atoms with Crippen LogP contribution in [-0.2, 0) is 0 Å². The van der Waals surface area contributed by atoms with Gasteiger partial charge in [-0.3, -0.25) is 0 Å². The van der Waals surface area contributed by atoms with Gasteiger partial charge in [-0.05, 0) is 18.6 Å². The number of anilines is 1. The summed E-state index contributed by atoms with van der Waals surface area (Å²) in [4.78, 5) is 3.20. The summed E-state index contributed by atoms with van der Waals surface area (Å²) in [6.07, 6.45) is 2.20. The lowest BCUT2D eigenvalue weighted by Crippen LogP contribution is -2.16. The Morgan fingerprint density at radius 3 is 2.88 bits per heavy atom. The first-order valence-corrected chi connectivity index (χ1v) is 6.08. The van der Waals surface area contributed by atoms with Crippen molar-refractivity contribution in [1.82, 2.24) is 4.98 Å². The molecule has 88 valence electrons. The Bertz CT molecular complexity index is 381. The maximum absolute atomic E-state index is 13.2. The van der Waals surface area contributed by atoms with Crippen LogP contribution in [0.3, 0.4) is 0 Å². The summed E-state index contributed by atoms with van der Waals surface area (Å²) in [7, 11) is 0. The Morgan fingerprint density at radius 2 is 2.19 bits per heavy atom. The second kappa shape index (κ2) is 4.95. The van der Waals surface area contributed by atoms with E-state index < -0.39 is 17.6 Å². The van der Waals surface area contributed by atoms with E-state index in [1.54, 1.807) is 11.8 Å². The van der Waals surface area contributed by atoms with Gasteiger partial charge in [0.2, 0.25) is 0 Å². The maximum Gasteiger partial charge on any atom is 0.251 e. The summed E-state index contributed by atoms with van der Waals surface area (Å²) >= 11 is 1.79. The van der Waals surface area contributed by atoms with Crippen molar-refractivity contribution in [3.63, 3.8) is 0 Å². The fourth-order valence-corrected chi connectivity index (χ4v) is 2.79. The molecule has 1 fully saturated rings. The molecule has 1 aliphatic heterocycles. The molecule has 1 N–H and O–H groups in total. The van der Waals surface area contributed by atoms with Crippen molar-refractivity contribution in [1.29, 1.82) is 0 Å². The van der Waals surface area contributed by atoms with Crippen LogP contribution in [0.4, 0.5) is 19.0 Å². The number of hydrogen-bond acceptors (Lipinski definition) is 3. The molecule has 0 radical (unpaired) electrons. The average Bonchev–Trinajstić information content (AvgIpc) is 2.74. The highest BCUT2D eigenvalue weighted by molar-refractivity contribution is 8.00. The second-order valence-electron chi connectivity index (χ2n) is 3.61. The monoisotopic (exact) mass is 248 g/mol. The van der Waals surface area contributed by atoms with E-state index in [-0.39, 0.29) is 5.82 Å². The molecule has 1 aliphatic rings. The predicted molar refractivity (Wildman–Crippen MR) is 58.1 cm³/mol. The summed E-state index contributed by atoms with van der Waals surface area (Å²) in [5, 5.41) is 3.11. The molecule has 1 aromatic rings. The Hall–Kier alpha value is -0.910. The van der Waals surface area contributed by atoms with Crippen LogP contribution in [0.15, 0.2) is 6.07 Å². The molecule has 0 saturated carbocycles. The van der Waals surface area contributed by atoms with E-state index in [0.717, 1.165) is 18.6 Å². The van der Waals surface area contributed by atoms with Crippen molar-refractivity contribution in [3.8, 4) is 0 Å². The number of hydrogen-bond donors (Lipinski definition) is 1. The summed E-state index contributed by atoms with van der Waals surface area (Å²) in [6.45, 7) is 0.527. The van der Waals surface area contributed by atoms with Gasteiger partial charge in [0.05, 0.1) is 0 Å². The molecule has 0 amide bonds. The van der Waals surface area contributed by atoms with Gasteiger partial charge >= 0.3 is 0 Å². The lowest BCUT2D eigenvalue weighted by atomic mass is 10.2. The number of aromatic nitrogens is 1. The molecule has 1 atom stereocenters. The first-order valence-electron chi connectivity index (χ1n) is 5.04. The number of nitrogens with zero attached hydrogens (tertiary/aromatic N) is 1. The van der Waals surface area contributed by atoms with Gasteiger partial charge in [0.1, 0.15) is 0 Å². The fraction of sp³-hybridized carbons (Fsp3) is 0.500. The average molecular weight is 248 g/mol. The number of rotatable bonds is 3. The fourth-order valence-electron chi connectivity index (χ4n) is 1.58. The molecule has 1 aromatic heterocycles.